The Kier molecular flexibility index (Phi) is 3.35. The monoisotopic (exact) mass is 320 g/mol. The zero-order chi connectivity index (χ0) is 16.9. The number of hydrogen-bond donors (Lipinski definition) is 5. The molecule has 1 aliphatic heterocycles. The molecule has 2 aliphatic rings. The van der Waals surface area contributed by atoms with Crippen molar-refractivity contribution in [3.8, 4) is 11.5 Å². The second kappa shape index (κ2) is 5.11. The van der Waals surface area contributed by atoms with Crippen LogP contribution in [0.4, 0.5) is 0 Å². The Bertz CT molecular complexity index is 776. The minimum absolute atomic E-state index is 0.187. The highest BCUT2D eigenvalue weighted by atomic mass is 16.5. The number of rotatable bonds is 1. The lowest BCUT2D eigenvalue weighted by Crippen LogP contribution is -2.43. The first kappa shape index (κ1) is 15.1. The van der Waals surface area contributed by atoms with Crippen molar-refractivity contribution >= 4 is 11.6 Å². The van der Waals surface area contributed by atoms with Crippen molar-refractivity contribution in [3.63, 3.8) is 0 Å². The van der Waals surface area contributed by atoms with Gasteiger partial charge in [-0.2, -0.15) is 0 Å². The molecule has 0 bridgehead atoms. The average Bonchev–Trinajstić information content (AvgIpc) is 2.51. The molecule has 1 aliphatic carbocycles. The highest BCUT2D eigenvalue weighted by Gasteiger charge is 2.45. The fourth-order valence-electron chi connectivity index (χ4n) is 2.50. The third kappa shape index (κ3) is 2.24. The molecule has 5 N–H and O–H groups in total. The summed E-state index contributed by atoms with van der Waals surface area (Å²) in [7, 11) is 0. The second-order valence-electron chi connectivity index (χ2n) is 5.17. The summed E-state index contributed by atoms with van der Waals surface area (Å²) in [5, 5.41) is 48.2. The molecule has 0 fully saturated rings. The van der Waals surface area contributed by atoms with E-state index in [0.29, 0.717) is 0 Å². The van der Waals surface area contributed by atoms with E-state index in [-0.39, 0.29) is 17.1 Å². The van der Waals surface area contributed by atoms with Gasteiger partial charge in [0.15, 0.2) is 41.4 Å². The number of Topliss-reactive ketones (excluding diaryl/α,β-unsaturated/α-hetero) is 2. The molecule has 0 radical (unpaired) electrons. The number of aromatic hydroxyl groups is 2. The van der Waals surface area contributed by atoms with Gasteiger partial charge in [-0.25, -0.2) is 0 Å². The van der Waals surface area contributed by atoms with Gasteiger partial charge in [0.2, 0.25) is 5.78 Å². The van der Waals surface area contributed by atoms with Crippen LogP contribution in [0.25, 0.3) is 0 Å². The van der Waals surface area contributed by atoms with E-state index >= 15 is 0 Å². The summed E-state index contributed by atoms with van der Waals surface area (Å²) in [4.78, 5) is 23.7. The summed E-state index contributed by atoms with van der Waals surface area (Å²) >= 11 is 0. The van der Waals surface area contributed by atoms with E-state index in [2.05, 4.69) is 0 Å². The van der Waals surface area contributed by atoms with E-state index in [1.807, 2.05) is 0 Å². The number of phenols is 2. The van der Waals surface area contributed by atoms with E-state index in [1.54, 1.807) is 0 Å². The number of phenolic OH excluding ortho intramolecular Hbond substituents is 2. The van der Waals surface area contributed by atoms with Gasteiger partial charge in [0, 0.05) is 6.08 Å². The smallest absolute Gasteiger partial charge is 0.230 e. The van der Waals surface area contributed by atoms with Crippen molar-refractivity contribution in [1.82, 2.24) is 0 Å². The van der Waals surface area contributed by atoms with Crippen LogP contribution in [-0.4, -0.2) is 49.3 Å². The van der Waals surface area contributed by atoms with Crippen LogP contribution < -0.4 is 0 Å². The number of allylic oxidation sites excluding steroid dienone is 1. The van der Waals surface area contributed by atoms with Crippen molar-refractivity contribution < 1.29 is 39.9 Å². The average molecular weight is 320 g/mol. The number of ether oxygens (including phenoxy) is 1. The third-order valence-electron chi connectivity index (χ3n) is 3.71. The molecule has 3 atom stereocenters. The lowest BCUT2D eigenvalue weighted by Gasteiger charge is -2.33. The molecule has 23 heavy (non-hydrogen) atoms. The van der Waals surface area contributed by atoms with Gasteiger partial charge in [-0.05, 0) is 17.7 Å². The van der Waals surface area contributed by atoms with E-state index in [9.17, 15) is 35.1 Å². The predicted octanol–water partition coefficient (Wildman–Crippen LogP) is -0.261. The molecule has 0 saturated heterocycles. The first-order valence-electron chi connectivity index (χ1n) is 6.59. The topological polar surface area (TPSA) is 145 Å². The molecule has 0 aromatic heterocycles. The number of ketones is 2. The molecule has 8 heteroatoms. The lowest BCUT2D eigenvalue weighted by molar-refractivity contribution is -0.139. The Morgan fingerprint density at radius 1 is 0.957 bits per heavy atom. The van der Waals surface area contributed by atoms with Crippen LogP contribution in [0, 0.1) is 0 Å². The van der Waals surface area contributed by atoms with Crippen molar-refractivity contribution in [2.24, 2.45) is 0 Å². The predicted molar refractivity (Wildman–Crippen MR) is 73.4 cm³/mol. The van der Waals surface area contributed by atoms with Crippen LogP contribution in [0.2, 0.25) is 0 Å². The van der Waals surface area contributed by atoms with Crippen molar-refractivity contribution in [3.05, 3.63) is 46.9 Å². The van der Waals surface area contributed by atoms with Gasteiger partial charge in [0.05, 0.1) is 5.57 Å². The molecular weight excluding hydrogens is 308 g/mol. The van der Waals surface area contributed by atoms with Crippen LogP contribution >= 0.6 is 0 Å². The zero-order valence-electron chi connectivity index (χ0n) is 11.5. The minimum Gasteiger partial charge on any atom is -0.504 e. The second-order valence-corrected chi connectivity index (χ2v) is 5.17. The van der Waals surface area contributed by atoms with E-state index < -0.39 is 47.0 Å². The van der Waals surface area contributed by atoms with Gasteiger partial charge in [0.1, 0.15) is 5.76 Å². The molecule has 1 heterocycles. The number of aliphatic hydroxyl groups excluding tert-OH is 3. The van der Waals surface area contributed by atoms with Crippen LogP contribution in [-0.2, 0) is 14.3 Å². The Hall–Kier alpha value is -2.84. The van der Waals surface area contributed by atoms with Crippen molar-refractivity contribution in [2.75, 3.05) is 0 Å². The highest BCUT2D eigenvalue weighted by molar-refractivity contribution is 6.12. The van der Waals surface area contributed by atoms with Crippen molar-refractivity contribution in [1.29, 1.82) is 0 Å². The van der Waals surface area contributed by atoms with E-state index in [1.165, 1.54) is 6.07 Å². The Labute approximate surface area is 129 Å². The van der Waals surface area contributed by atoms with Crippen molar-refractivity contribution in [2.45, 2.75) is 18.3 Å². The largest absolute Gasteiger partial charge is 0.504 e. The maximum absolute atomic E-state index is 12.2. The van der Waals surface area contributed by atoms with Gasteiger partial charge in [-0.3, -0.25) is 9.59 Å². The van der Waals surface area contributed by atoms with Crippen LogP contribution in [0.3, 0.4) is 0 Å². The number of carbonyl (C=O) groups excluding carboxylic acids is 2. The summed E-state index contributed by atoms with van der Waals surface area (Å²) in [6.07, 6.45) is -3.99. The quantitative estimate of drug-likeness (QED) is 0.445. The first-order chi connectivity index (χ1) is 10.8. The highest BCUT2D eigenvalue weighted by Crippen LogP contribution is 2.38. The minimum atomic E-state index is -1.91. The summed E-state index contributed by atoms with van der Waals surface area (Å²) < 4.78 is 5.41. The van der Waals surface area contributed by atoms with Gasteiger partial charge >= 0.3 is 0 Å². The molecular formula is C15H12O8. The Morgan fingerprint density at radius 3 is 2.30 bits per heavy atom. The van der Waals surface area contributed by atoms with E-state index in [4.69, 9.17) is 4.74 Å². The first-order valence-corrected chi connectivity index (χ1v) is 6.59. The molecule has 1 aromatic rings. The van der Waals surface area contributed by atoms with Gasteiger partial charge in [-0.15, -0.1) is 0 Å². The normalized spacial score (nSPS) is 27.4. The molecule has 8 nitrogen and oxygen atoms in total. The zero-order valence-corrected chi connectivity index (χ0v) is 11.5. The fourth-order valence-corrected chi connectivity index (χ4v) is 2.50. The summed E-state index contributed by atoms with van der Waals surface area (Å²) in [6.45, 7) is 0. The van der Waals surface area contributed by atoms with Crippen LogP contribution in [0.15, 0.2) is 41.4 Å². The number of hydrogen-bond acceptors (Lipinski definition) is 8. The maximum Gasteiger partial charge on any atom is 0.230 e. The SMILES string of the molecule is O=C1C(O)=CC2=C(C(=O)[C@H](O)[C@@H](c3ccc(O)c(O)c3)O2)C1O. The van der Waals surface area contributed by atoms with Gasteiger partial charge < -0.3 is 30.3 Å². The van der Waals surface area contributed by atoms with Gasteiger partial charge in [-0.1, -0.05) is 6.07 Å². The fraction of sp³-hybridized carbons (Fsp3) is 0.200. The molecule has 3 rings (SSSR count). The van der Waals surface area contributed by atoms with Crippen LogP contribution in [0.1, 0.15) is 11.7 Å². The summed E-state index contributed by atoms with van der Waals surface area (Å²) in [5.41, 5.74) is -0.244. The summed E-state index contributed by atoms with van der Waals surface area (Å²) in [6, 6.07) is 3.59. The summed E-state index contributed by atoms with van der Waals surface area (Å²) in [5.74, 6) is -3.85. The maximum atomic E-state index is 12.2. The molecule has 120 valence electrons. The standard InChI is InChI=1S/C15H12O8/c16-6-2-1-5(3-7(6)17)15-14(22)13(21)10-9(23-15)4-8(18)11(19)12(10)20/h1-4,12,14-18,20,22H/t12?,14-,15+/m0/s1. The lowest BCUT2D eigenvalue weighted by atomic mass is 9.86. The Balaban J connectivity index is 2.05. The number of carbonyl (C=O) groups is 2. The molecule has 0 saturated carbocycles. The van der Waals surface area contributed by atoms with Gasteiger partial charge in [0.25, 0.3) is 0 Å². The number of benzene rings is 1. The van der Waals surface area contributed by atoms with Crippen LogP contribution in [0.5, 0.6) is 11.5 Å². The molecule has 1 unspecified atom stereocenters. The molecule has 0 amide bonds. The number of aliphatic hydroxyl groups is 3. The van der Waals surface area contributed by atoms with E-state index in [0.717, 1.165) is 18.2 Å². The molecule has 0 spiro atoms. The molecule has 1 aromatic carbocycles. The third-order valence-corrected chi connectivity index (χ3v) is 3.71. The Morgan fingerprint density at radius 2 is 1.65 bits per heavy atom.